The molecule has 0 atom stereocenters. The van der Waals surface area contributed by atoms with Crippen molar-refractivity contribution in [2.24, 2.45) is 0 Å². The molecule has 0 bridgehead atoms. The van der Waals surface area contributed by atoms with Gasteiger partial charge in [-0.05, 0) is 24.1 Å². The molecule has 1 aromatic carbocycles. The highest BCUT2D eigenvalue weighted by Gasteiger charge is 2.14. The van der Waals surface area contributed by atoms with Crippen LogP contribution >= 0.6 is 11.6 Å². The topological polar surface area (TPSA) is 61.1 Å². The standard InChI is InChI=1S/C10H8ClNO2/c1-6-2-3-7(10(13)14)9(5-12)8(6)4-11/h2-3H,4H2,1H3,(H,13,14). The molecule has 0 aliphatic rings. The number of alkyl halides is 1. The van der Waals surface area contributed by atoms with Crippen molar-refractivity contribution >= 4 is 17.6 Å². The summed E-state index contributed by atoms with van der Waals surface area (Å²) in [6.07, 6.45) is 0. The Bertz CT molecular complexity index is 421. The van der Waals surface area contributed by atoms with Crippen LogP contribution < -0.4 is 0 Å². The zero-order valence-electron chi connectivity index (χ0n) is 7.54. The first kappa shape index (κ1) is 10.6. The minimum absolute atomic E-state index is 0.00810. The largest absolute Gasteiger partial charge is 0.478 e. The molecule has 1 N–H and O–H groups in total. The molecule has 0 fully saturated rings. The third-order valence-electron chi connectivity index (χ3n) is 2.02. The lowest BCUT2D eigenvalue weighted by atomic mass is 9.98. The fraction of sp³-hybridized carbons (Fsp3) is 0.200. The molecule has 1 rings (SSSR count). The average Bonchev–Trinajstić information content (AvgIpc) is 2.16. The molecule has 0 aliphatic carbocycles. The fourth-order valence-corrected chi connectivity index (χ4v) is 1.57. The monoisotopic (exact) mass is 209 g/mol. The Morgan fingerprint density at radius 1 is 1.64 bits per heavy atom. The Labute approximate surface area is 86.5 Å². The highest BCUT2D eigenvalue weighted by molar-refractivity contribution is 6.17. The minimum Gasteiger partial charge on any atom is -0.478 e. The van der Waals surface area contributed by atoms with Gasteiger partial charge >= 0.3 is 5.97 Å². The Morgan fingerprint density at radius 3 is 2.71 bits per heavy atom. The average molecular weight is 210 g/mol. The fourth-order valence-electron chi connectivity index (χ4n) is 1.23. The van der Waals surface area contributed by atoms with Gasteiger partial charge < -0.3 is 5.11 Å². The number of aryl methyl sites for hydroxylation is 1. The first-order chi connectivity index (χ1) is 6.61. The second-order valence-corrected chi connectivity index (χ2v) is 3.10. The lowest BCUT2D eigenvalue weighted by Crippen LogP contribution is -2.04. The third kappa shape index (κ3) is 1.70. The van der Waals surface area contributed by atoms with Crippen LogP contribution in [0, 0.1) is 18.3 Å². The van der Waals surface area contributed by atoms with Crippen LogP contribution in [-0.4, -0.2) is 11.1 Å². The van der Waals surface area contributed by atoms with Gasteiger partial charge in [-0.25, -0.2) is 4.79 Å². The lowest BCUT2D eigenvalue weighted by molar-refractivity contribution is 0.0696. The van der Waals surface area contributed by atoms with Gasteiger partial charge in [0.2, 0.25) is 0 Å². The number of benzene rings is 1. The van der Waals surface area contributed by atoms with Crippen LogP contribution in [0.15, 0.2) is 12.1 Å². The number of nitriles is 1. The SMILES string of the molecule is Cc1ccc(C(=O)O)c(C#N)c1CCl. The lowest BCUT2D eigenvalue weighted by Gasteiger charge is -2.06. The number of nitrogens with zero attached hydrogens (tertiary/aromatic N) is 1. The molecular weight excluding hydrogens is 202 g/mol. The van der Waals surface area contributed by atoms with Crippen molar-refractivity contribution in [3.63, 3.8) is 0 Å². The predicted octanol–water partition coefficient (Wildman–Crippen LogP) is 2.30. The summed E-state index contributed by atoms with van der Waals surface area (Å²) in [5, 5.41) is 17.6. The summed E-state index contributed by atoms with van der Waals surface area (Å²) in [4.78, 5) is 10.8. The molecule has 0 radical (unpaired) electrons. The van der Waals surface area contributed by atoms with Gasteiger partial charge in [-0.15, -0.1) is 11.6 Å². The summed E-state index contributed by atoms with van der Waals surface area (Å²) in [6, 6.07) is 4.95. The van der Waals surface area contributed by atoms with E-state index in [1.807, 2.05) is 6.07 Å². The smallest absolute Gasteiger partial charge is 0.337 e. The number of rotatable bonds is 2. The first-order valence-corrected chi connectivity index (χ1v) is 4.47. The summed E-state index contributed by atoms with van der Waals surface area (Å²) in [6.45, 7) is 1.80. The molecule has 0 unspecified atom stereocenters. The molecule has 0 amide bonds. The van der Waals surface area contributed by atoms with Gasteiger partial charge in [-0.2, -0.15) is 5.26 Å². The maximum Gasteiger partial charge on any atom is 0.337 e. The van der Waals surface area contributed by atoms with Crippen molar-refractivity contribution in [3.05, 3.63) is 34.4 Å². The maximum atomic E-state index is 10.8. The Morgan fingerprint density at radius 2 is 2.29 bits per heavy atom. The van der Waals surface area contributed by atoms with Crippen LogP contribution in [0.2, 0.25) is 0 Å². The molecule has 72 valence electrons. The number of hydrogen-bond donors (Lipinski definition) is 1. The number of hydrogen-bond acceptors (Lipinski definition) is 2. The van der Waals surface area contributed by atoms with E-state index < -0.39 is 5.97 Å². The van der Waals surface area contributed by atoms with Gasteiger partial charge in [0.15, 0.2) is 0 Å². The molecule has 3 nitrogen and oxygen atoms in total. The summed E-state index contributed by atoms with van der Waals surface area (Å²) in [7, 11) is 0. The van der Waals surface area contributed by atoms with Crippen molar-refractivity contribution in [1.29, 1.82) is 5.26 Å². The molecule has 4 heteroatoms. The second kappa shape index (κ2) is 4.12. The van der Waals surface area contributed by atoms with Crippen molar-refractivity contribution < 1.29 is 9.90 Å². The van der Waals surface area contributed by atoms with E-state index in [4.69, 9.17) is 22.0 Å². The second-order valence-electron chi connectivity index (χ2n) is 2.83. The summed E-state index contributed by atoms with van der Waals surface area (Å²) >= 11 is 5.65. The van der Waals surface area contributed by atoms with Crippen LogP contribution in [0.4, 0.5) is 0 Å². The van der Waals surface area contributed by atoms with E-state index in [-0.39, 0.29) is 17.0 Å². The number of carboxylic acid groups (broad SMARTS) is 1. The zero-order chi connectivity index (χ0) is 10.7. The van der Waals surface area contributed by atoms with Crippen molar-refractivity contribution in [1.82, 2.24) is 0 Å². The van der Waals surface area contributed by atoms with E-state index >= 15 is 0 Å². The maximum absolute atomic E-state index is 10.8. The number of carbonyl (C=O) groups is 1. The summed E-state index contributed by atoms with van der Waals surface area (Å²) in [5.74, 6) is -0.955. The van der Waals surface area contributed by atoms with E-state index in [1.54, 1.807) is 13.0 Å². The molecule has 0 saturated carbocycles. The molecule has 0 aliphatic heterocycles. The van der Waals surface area contributed by atoms with Crippen molar-refractivity contribution in [2.75, 3.05) is 0 Å². The van der Waals surface area contributed by atoms with E-state index in [2.05, 4.69) is 0 Å². The van der Waals surface area contributed by atoms with E-state index in [0.717, 1.165) is 5.56 Å². The summed E-state index contributed by atoms with van der Waals surface area (Å²) in [5.41, 5.74) is 1.59. The highest BCUT2D eigenvalue weighted by atomic mass is 35.5. The molecule has 0 aromatic heterocycles. The van der Waals surface area contributed by atoms with Crippen LogP contribution in [-0.2, 0) is 5.88 Å². The highest BCUT2D eigenvalue weighted by Crippen LogP contribution is 2.20. The Balaban J connectivity index is 3.50. The van der Waals surface area contributed by atoms with E-state index in [0.29, 0.717) is 5.56 Å². The van der Waals surface area contributed by atoms with Gasteiger partial charge in [0.25, 0.3) is 0 Å². The Hall–Kier alpha value is -1.53. The van der Waals surface area contributed by atoms with Gasteiger partial charge in [-0.3, -0.25) is 0 Å². The quantitative estimate of drug-likeness (QED) is 0.761. The molecule has 14 heavy (non-hydrogen) atoms. The molecule has 0 saturated heterocycles. The van der Waals surface area contributed by atoms with E-state index in [1.165, 1.54) is 6.07 Å². The van der Waals surface area contributed by atoms with Crippen LogP contribution in [0.5, 0.6) is 0 Å². The normalized spacial score (nSPS) is 9.50. The molecule has 1 aromatic rings. The van der Waals surface area contributed by atoms with Crippen molar-refractivity contribution in [2.45, 2.75) is 12.8 Å². The predicted molar refractivity (Wildman–Crippen MR) is 52.4 cm³/mol. The zero-order valence-corrected chi connectivity index (χ0v) is 8.30. The van der Waals surface area contributed by atoms with Gasteiger partial charge in [-0.1, -0.05) is 6.07 Å². The summed E-state index contributed by atoms with van der Waals surface area (Å²) < 4.78 is 0. The van der Waals surface area contributed by atoms with Gasteiger partial charge in [0, 0.05) is 5.88 Å². The number of halogens is 1. The Kier molecular flexibility index (Phi) is 3.10. The van der Waals surface area contributed by atoms with E-state index in [9.17, 15) is 4.79 Å². The van der Waals surface area contributed by atoms with Crippen LogP contribution in [0.3, 0.4) is 0 Å². The van der Waals surface area contributed by atoms with Crippen LogP contribution in [0.25, 0.3) is 0 Å². The first-order valence-electron chi connectivity index (χ1n) is 3.93. The minimum atomic E-state index is -1.10. The molecular formula is C10H8ClNO2. The van der Waals surface area contributed by atoms with Crippen molar-refractivity contribution in [3.8, 4) is 6.07 Å². The molecule has 0 spiro atoms. The van der Waals surface area contributed by atoms with Crippen LogP contribution in [0.1, 0.15) is 27.0 Å². The van der Waals surface area contributed by atoms with Gasteiger partial charge in [0.1, 0.15) is 6.07 Å². The number of aromatic carboxylic acids is 1. The number of carboxylic acids is 1. The van der Waals surface area contributed by atoms with Gasteiger partial charge in [0.05, 0.1) is 11.1 Å². The molecule has 0 heterocycles. The third-order valence-corrected chi connectivity index (χ3v) is 2.29.